The molecule has 0 aliphatic carbocycles. The molecule has 2 saturated heterocycles. The van der Waals surface area contributed by atoms with E-state index < -0.39 is 37.2 Å². The number of ether oxygens (including phenoxy) is 4. The van der Waals surface area contributed by atoms with Crippen molar-refractivity contribution in [3.8, 4) is 5.75 Å². The number of aliphatic hydroxyl groups excluding tert-OH is 7. The second kappa shape index (κ2) is 18.9. The summed E-state index contributed by atoms with van der Waals surface area (Å²) in [5.41, 5.74) is 0. The van der Waals surface area contributed by atoms with Gasteiger partial charge in [0.25, 0.3) is 0 Å². The summed E-state index contributed by atoms with van der Waals surface area (Å²) in [5.74, 6) is -0.450. The SMILES string of the molecule is CO.CO.O=C(COc1ccc(Cl)cc1Cl)OCC1O[C@H](O)CC(O)[C@@H]1O.OCC1CC(O)CO1. The minimum atomic E-state index is -1.25. The smallest absolute Gasteiger partial charge is 0.344 e. The van der Waals surface area contributed by atoms with E-state index in [9.17, 15) is 20.1 Å². The number of benzene rings is 1. The molecule has 1 aromatic carbocycles. The van der Waals surface area contributed by atoms with E-state index in [1.807, 2.05) is 0 Å². The van der Waals surface area contributed by atoms with Gasteiger partial charge in [-0.15, -0.1) is 0 Å². The Balaban J connectivity index is 0.000000801. The summed E-state index contributed by atoms with van der Waals surface area (Å²) in [6.45, 7) is -0.330. The average molecular weight is 549 g/mol. The monoisotopic (exact) mass is 548 g/mol. The third-order valence-corrected chi connectivity index (χ3v) is 4.99. The van der Waals surface area contributed by atoms with Crippen LogP contribution in [0.2, 0.25) is 10.0 Å². The third-order valence-electron chi connectivity index (χ3n) is 4.46. The standard InChI is InChI=1S/C14H16Cl2O7.C5H10O3.2CH4O/c15-7-1-2-10(8(16)3-7)21-6-13(19)22-5-11-14(20)9(17)4-12(18)23-11;6-2-5-1-4(7)3-8-5;2*1-2/h1-3,9,11-12,14,17-18,20H,4-6H2;4-7H,1-3H2;2*2H,1H3/t9?,11?,12-,14-;;;/m0.../s1. The van der Waals surface area contributed by atoms with E-state index in [-0.39, 0.29) is 42.6 Å². The van der Waals surface area contributed by atoms with Crippen LogP contribution in [0.1, 0.15) is 12.8 Å². The topological polar surface area (TPSA) is 196 Å². The molecule has 204 valence electrons. The van der Waals surface area contributed by atoms with Crippen molar-refractivity contribution >= 4 is 29.2 Å². The Labute approximate surface area is 213 Å². The lowest BCUT2D eigenvalue weighted by molar-refractivity contribution is -0.242. The van der Waals surface area contributed by atoms with Gasteiger partial charge in [0.2, 0.25) is 0 Å². The number of hydrogen-bond donors (Lipinski definition) is 7. The molecule has 3 rings (SSSR count). The first-order valence-corrected chi connectivity index (χ1v) is 11.2. The molecule has 14 heteroatoms. The number of carbonyl (C=O) groups is 1. The maximum atomic E-state index is 11.6. The first kappa shape index (κ1) is 33.7. The van der Waals surface area contributed by atoms with Crippen molar-refractivity contribution in [1.82, 2.24) is 0 Å². The minimum Gasteiger partial charge on any atom is -0.480 e. The zero-order chi connectivity index (χ0) is 27.0. The highest BCUT2D eigenvalue weighted by Crippen LogP contribution is 2.27. The molecule has 2 fully saturated rings. The second-order valence-electron chi connectivity index (χ2n) is 7.00. The molecule has 0 bridgehead atoms. The molecule has 6 atom stereocenters. The van der Waals surface area contributed by atoms with Gasteiger partial charge in [0.05, 0.1) is 36.5 Å². The van der Waals surface area contributed by atoms with E-state index >= 15 is 0 Å². The second-order valence-corrected chi connectivity index (χ2v) is 7.84. The van der Waals surface area contributed by atoms with Gasteiger partial charge in [-0.3, -0.25) is 0 Å². The van der Waals surface area contributed by atoms with Gasteiger partial charge in [-0.25, -0.2) is 4.79 Å². The first-order valence-electron chi connectivity index (χ1n) is 10.4. The van der Waals surface area contributed by atoms with Crippen molar-refractivity contribution in [2.45, 2.75) is 49.7 Å². The molecule has 0 amide bonds. The average Bonchev–Trinajstić information content (AvgIpc) is 3.28. The Bertz CT molecular complexity index is 711. The van der Waals surface area contributed by atoms with E-state index in [4.69, 9.17) is 62.6 Å². The van der Waals surface area contributed by atoms with Crippen LogP contribution in [0.25, 0.3) is 0 Å². The van der Waals surface area contributed by atoms with Crippen LogP contribution in [0.15, 0.2) is 18.2 Å². The molecule has 2 aliphatic rings. The maximum absolute atomic E-state index is 11.6. The van der Waals surface area contributed by atoms with E-state index in [0.29, 0.717) is 18.1 Å². The predicted octanol–water partition coefficient (Wildman–Crippen LogP) is -0.910. The summed E-state index contributed by atoms with van der Waals surface area (Å²) in [4.78, 5) is 11.6. The van der Waals surface area contributed by atoms with Crippen LogP contribution in [0.5, 0.6) is 5.75 Å². The van der Waals surface area contributed by atoms with Gasteiger partial charge < -0.3 is 54.7 Å². The van der Waals surface area contributed by atoms with Crippen LogP contribution in [-0.4, -0.2) is 119 Å². The van der Waals surface area contributed by atoms with Crippen LogP contribution in [0.3, 0.4) is 0 Å². The number of hydrogen-bond acceptors (Lipinski definition) is 12. The number of esters is 1. The fourth-order valence-electron chi connectivity index (χ4n) is 2.83. The van der Waals surface area contributed by atoms with Crippen LogP contribution >= 0.6 is 23.2 Å². The summed E-state index contributed by atoms with van der Waals surface area (Å²) in [6, 6.07) is 4.54. The molecule has 12 nitrogen and oxygen atoms in total. The Kier molecular flexibility index (Phi) is 18.2. The van der Waals surface area contributed by atoms with Gasteiger partial charge in [-0.2, -0.15) is 0 Å². The minimum absolute atomic E-state index is 0.0249. The van der Waals surface area contributed by atoms with Crippen molar-refractivity contribution in [1.29, 1.82) is 0 Å². The predicted molar refractivity (Wildman–Crippen MR) is 124 cm³/mol. The molecule has 4 unspecified atom stereocenters. The highest BCUT2D eigenvalue weighted by molar-refractivity contribution is 6.35. The molecule has 1 aromatic rings. The van der Waals surface area contributed by atoms with E-state index in [0.717, 1.165) is 14.2 Å². The molecule has 0 spiro atoms. The molecular weight excluding hydrogens is 515 g/mol. The molecule has 2 heterocycles. The summed E-state index contributed by atoms with van der Waals surface area (Å²) in [6.07, 6.45) is -4.64. The Morgan fingerprint density at radius 2 is 1.74 bits per heavy atom. The number of rotatable bonds is 6. The van der Waals surface area contributed by atoms with Crippen molar-refractivity contribution in [3.63, 3.8) is 0 Å². The van der Waals surface area contributed by atoms with Crippen molar-refractivity contribution in [2.75, 3.05) is 40.6 Å². The van der Waals surface area contributed by atoms with Crippen LogP contribution in [0, 0.1) is 0 Å². The van der Waals surface area contributed by atoms with Crippen molar-refractivity contribution < 1.29 is 59.5 Å². The molecule has 0 aromatic heterocycles. The number of halogens is 2. The van der Waals surface area contributed by atoms with E-state index in [1.165, 1.54) is 12.1 Å². The van der Waals surface area contributed by atoms with Gasteiger partial charge in [-0.1, -0.05) is 23.2 Å². The zero-order valence-corrected chi connectivity index (χ0v) is 20.9. The first-order chi connectivity index (χ1) is 16.7. The fourth-order valence-corrected chi connectivity index (χ4v) is 3.29. The summed E-state index contributed by atoms with van der Waals surface area (Å²) < 4.78 is 20.0. The lowest BCUT2D eigenvalue weighted by atomic mass is 10.0. The molecule has 7 N–H and O–H groups in total. The van der Waals surface area contributed by atoms with Gasteiger partial charge in [-0.05, 0) is 18.2 Å². The van der Waals surface area contributed by atoms with Crippen LogP contribution in [-0.2, 0) is 19.0 Å². The molecular formula is C21H34Cl2O12. The zero-order valence-electron chi connectivity index (χ0n) is 19.4. The highest BCUT2D eigenvalue weighted by atomic mass is 35.5. The van der Waals surface area contributed by atoms with Crippen molar-refractivity contribution in [3.05, 3.63) is 28.2 Å². The van der Waals surface area contributed by atoms with Gasteiger partial charge in [0.1, 0.15) is 24.6 Å². The number of carbonyl (C=O) groups excluding carboxylic acids is 1. The summed E-state index contributed by atoms with van der Waals surface area (Å²) in [7, 11) is 2.00. The van der Waals surface area contributed by atoms with Gasteiger partial charge >= 0.3 is 5.97 Å². The van der Waals surface area contributed by atoms with E-state index in [2.05, 4.69) is 0 Å². The summed E-state index contributed by atoms with van der Waals surface area (Å²) >= 11 is 11.6. The van der Waals surface area contributed by atoms with Gasteiger partial charge in [0, 0.05) is 32.1 Å². The van der Waals surface area contributed by atoms with E-state index in [1.54, 1.807) is 6.07 Å². The van der Waals surface area contributed by atoms with Crippen molar-refractivity contribution in [2.24, 2.45) is 0 Å². The largest absolute Gasteiger partial charge is 0.480 e. The third kappa shape index (κ3) is 13.0. The lowest BCUT2D eigenvalue weighted by Gasteiger charge is -2.34. The highest BCUT2D eigenvalue weighted by Gasteiger charge is 2.36. The molecule has 0 saturated carbocycles. The molecule has 0 radical (unpaired) electrons. The normalized spacial score (nSPS) is 27.2. The quantitative estimate of drug-likeness (QED) is 0.216. The fraction of sp³-hybridized carbons (Fsp3) is 0.667. The van der Waals surface area contributed by atoms with Crippen LogP contribution in [0.4, 0.5) is 0 Å². The number of aliphatic hydroxyl groups is 7. The van der Waals surface area contributed by atoms with Crippen LogP contribution < -0.4 is 4.74 Å². The summed E-state index contributed by atoms with van der Waals surface area (Å²) in [5, 5.41) is 60.5. The Hall–Kier alpha value is -1.29. The maximum Gasteiger partial charge on any atom is 0.344 e. The lowest BCUT2D eigenvalue weighted by Crippen LogP contribution is -2.50. The Morgan fingerprint density at radius 1 is 1.09 bits per heavy atom. The van der Waals surface area contributed by atoms with Gasteiger partial charge in [0.15, 0.2) is 12.9 Å². The molecule has 35 heavy (non-hydrogen) atoms. The molecule has 2 aliphatic heterocycles. The Morgan fingerprint density at radius 3 is 2.26 bits per heavy atom.